The van der Waals surface area contributed by atoms with Crippen LogP contribution in [0.3, 0.4) is 0 Å². The van der Waals surface area contributed by atoms with Crippen molar-refractivity contribution in [3.63, 3.8) is 0 Å². The van der Waals surface area contributed by atoms with Crippen molar-refractivity contribution in [3.8, 4) is 11.1 Å². The minimum Gasteiger partial charge on any atom is -0.341 e. The number of H-pyrrole nitrogens is 1. The van der Waals surface area contributed by atoms with E-state index in [-0.39, 0.29) is 5.56 Å². The lowest BCUT2D eigenvalue weighted by atomic mass is 10.0. The SMILES string of the molecule is CCc1sc2nc(N3CCCNCC3)[nH]c(=O)c2c1-c1ccc(Cl)c(C)c1. The summed E-state index contributed by atoms with van der Waals surface area (Å²) in [6, 6.07) is 5.94. The standard InChI is InChI=1S/C20H23ClN4OS/c1-3-15-16(13-5-6-14(21)12(2)11-13)17-18(26)23-20(24-19(17)27-15)25-9-4-7-22-8-10-25/h5-6,11,22H,3-4,7-10H2,1-2H3,(H,23,24,26). The molecule has 0 atom stereocenters. The number of anilines is 1. The van der Waals surface area contributed by atoms with Crippen LogP contribution in [0.15, 0.2) is 23.0 Å². The summed E-state index contributed by atoms with van der Waals surface area (Å²) in [5, 5.41) is 4.81. The Hall–Kier alpha value is -1.89. The van der Waals surface area contributed by atoms with E-state index in [0.717, 1.165) is 65.6 Å². The fraction of sp³-hybridized carbons (Fsp3) is 0.400. The highest BCUT2D eigenvalue weighted by Gasteiger charge is 2.20. The smallest absolute Gasteiger partial charge is 0.261 e. The summed E-state index contributed by atoms with van der Waals surface area (Å²) in [7, 11) is 0. The van der Waals surface area contributed by atoms with E-state index >= 15 is 0 Å². The van der Waals surface area contributed by atoms with Crippen LogP contribution in [0.2, 0.25) is 5.02 Å². The molecule has 1 saturated heterocycles. The predicted molar refractivity (Wildman–Crippen MR) is 115 cm³/mol. The van der Waals surface area contributed by atoms with E-state index in [4.69, 9.17) is 16.6 Å². The molecule has 3 aromatic rings. The Bertz CT molecular complexity index is 1030. The minimum atomic E-state index is -0.0641. The lowest BCUT2D eigenvalue weighted by Crippen LogP contribution is -2.31. The van der Waals surface area contributed by atoms with Crippen LogP contribution in [0.4, 0.5) is 5.95 Å². The van der Waals surface area contributed by atoms with Gasteiger partial charge in [0.15, 0.2) is 0 Å². The number of thiophene rings is 1. The Morgan fingerprint density at radius 3 is 2.93 bits per heavy atom. The van der Waals surface area contributed by atoms with Gasteiger partial charge in [-0.3, -0.25) is 9.78 Å². The van der Waals surface area contributed by atoms with Gasteiger partial charge in [0.25, 0.3) is 5.56 Å². The Morgan fingerprint density at radius 1 is 1.30 bits per heavy atom. The van der Waals surface area contributed by atoms with Gasteiger partial charge in [-0.05, 0) is 49.6 Å². The molecule has 27 heavy (non-hydrogen) atoms. The summed E-state index contributed by atoms with van der Waals surface area (Å²) in [5.74, 6) is 0.680. The van der Waals surface area contributed by atoms with Gasteiger partial charge in [0, 0.05) is 35.1 Å². The lowest BCUT2D eigenvalue weighted by Gasteiger charge is -2.20. The van der Waals surface area contributed by atoms with Gasteiger partial charge in [-0.25, -0.2) is 4.98 Å². The van der Waals surface area contributed by atoms with E-state index in [1.54, 1.807) is 11.3 Å². The van der Waals surface area contributed by atoms with Gasteiger partial charge in [0.1, 0.15) is 4.83 Å². The average molecular weight is 403 g/mol. The highest BCUT2D eigenvalue weighted by atomic mass is 35.5. The molecule has 3 heterocycles. The number of nitrogens with zero attached hydrogens (tertiary/aromatic N) is 2. The number of hydrogen-bond donors (Lipinski definition) is 2. The number of hydrogen-bond acceptors (Lipinski definition) is 5. The van der Waals surface area contributed by atoms with E-state index in [1.807, 2.05) is 19.1 Å². The molecule has 1 aromatic carbocycles. The first-order valence-electron chi connectivity index (χ1n) is 9.36. The fourth-order valence-corrected chi connectivity index (χ4v) is 4.85. The molecular formula is C20H23ClN4OS. The van der Waals surface area contributed by atoms with E-state index in [0.29, 0.717) is 11.3 Å². The summed E-state index contributed by atoms with van der Waals surface area (Å²) in [6.45, 7) is 7.76. The van der Waals surface area contributed by atoms with Crippen molar-refractivity contribution in [1.29, 1.82) is 0 Å². The Labute approximate surface area is 167 Å². The summed E-state index contributed by atoms with van der Waals surface area (Å²) >= 11 is 7.82. The van der Waals surface area contributed by atoms with Gasteiger partial charge < -0.3 is 10.2 Å². The second-order valence-electron chi connectivity index (χ2n) is 6.88. The summed E-state index contributed by atoms with van der Waals surface area (Å²) in [5.41, 5.74) is 2.97. The number of nitrogens with one attached hydrogen (secondary N) is 2. The Kier molecular flexibility index (Phi) is 5.21. The zero-order valence-corrected chi connectivity index (χ0v) is 17.1. The molecule has 0 aliphatic carbocycles. The maximum atomic E-state index is 13.0. The van der Waals surface area contributed by atoms with E-state index < -0.39 is 0 Å². The van der Waals surface area contributed by atoms with Crippen LogP contribution < -0.4 is 15.8 Å². The van der Waals surface area contributed by atoms with Gasteiger partial charge in [-0.2, -0.15) is 0 Å². The highest BCUT2D eigenvalue weighted by Crippen LogP contribution is 2.38. The zero-order chi connectivity index (χ0) is 19.0. The number of fused-ring (bicyclic) bond motifs is 1. The number of halogens is 1. The van der Waals surface area contributed by atoms with E-state index in [9.17, 15) is 4.79 Å². The molecule has 0 saturated carbocycles. The molecule has 1 fully saturated rings. The molecule has 0 amide bonds. The van der Waals surface area contributed by atoms with Crippen molar-refractivity contribution in [1.82, 2.24) is 15.3 Å². The fourth-order valence-electron chi connectivity index (χ4n) is 3.60. The van der Waals surface area contributed by atoms with Gasteiger partial charge in [0.05, 0.1) is 5.39 Å². The number of aryl methyl sites for hydroxylation is 2. The molecule has 0 radical (unpaired) electrons. The molecule has 2 N–H and O–H groups in total. The molecule has 0 spiro atoms. The van der Waals surface area contributed by atoms with Crippen molar-refractivity contribution < 1.29 is 0 Å². The summed E-state index contributed by atoms with van der Waals surface area (Å²) in [4.78, 5) is 25.1. The van der Waals surface area contributed by atoms with Crippen LogP contribution in [0.25, 0.3) is 21.3 Å². The van der Waals surface area contributed by atoms with Crippen molar-refractivity contribution >= 4 is 39.1 Å². The maximum Gasteiger partial charge on any atom is 0.261 e. The third-order valence-corrected chi connectivity index (χ3v) is 6.68. The van der Waals surface area contributed by atoms with Crippen LogP contribution in [-0.2, 0) is 6.42 Å². The monoisotopic (exact) mass is 402 g/mol. The number of rotatable bonds is 3. The molecular weight excluding hydrogens is 380 g/mol. The molecule has 0 bridgehead atoms. The van der Waals surface area contributed by atoms with Crippen molar-refractivity contribution in [2.24, 2.45) is 0 Å². The van der Waals surface area contributed by atoms with Crippen LogP contribution in [-0.4, -0.2) is 36.1 Å². The van der Waals surface area contributed by atoms with Crippen LogP contribution >= 0.6 is 22.9 Å². The Balaban J connectivity index is 1.87. The van der Waals surface area contributed by atoms with E-state index in [2.05, 4.69) is 28.2 Å². The number of aromatic amines is 1. The van der Waals surface area contributed by atoms with Crippen LogP contribution in [0, 0.1) is 6.92 Å². The van der Waals surface area contributed by atoms with Gasteiger partial charge in [-0.15, -0.1) is 11.3 Å². The maximum absolute atomic E-state index is 13.0. The predicted octanol–water partition coefficient (Wildman–Crippen LogP) is 3.98. The molecule has 0 unspecified atom stereocenters. The molecule has 142 valence electrons. The second kappa shape index (κ2) is 7.62. The molecule has 2 aromatic heterocycles. The Morgan fingerprint density at radius 2 is 2.15 bits per heavy atom. The normalized spacial score (nSPS) is 15.3. The lowest BCUT2D eigenvalue weighted by molar-refractivity contribution is 0.724. The van der Waals surface area contributed by atoms with Crippen molar-refractivity contribution in [2.45, 2.75) is 26.7 Å². The molecule has 4 rings (SSSR count). The molecule has 7 heteroatoms. The quantitative estimate of drug-likeness (QED) is 0.695. The zero-order valence-electron chi connectivity index (χ0n) is 15.6. The summed E-state index contributed by atoms with van der Waals surface area (Å²) < 4.78 is 0. The van der Waals surface area contributed by atoms with Gasteiger partial charge >= 0.3 is 0 Å². The first-order valence-corrected chi connectivity index (χ1v) is 10.6. The molecule has 1 aliphatic heterocycles. The van der Waals surface area contributed by atoms with E-state index in [1.165, 1.54) is 4.88 Å². The first-order chi connectivity index (χ1) is 13.1. The van der Waals surface area contributed by atoms with Gasteiger partial charge in [-0.1, -0.05) is 24.6 Å². The molecule has 1 aliphatic rings. The third kappa shape index (κ3) is 3.49. The number of benzene rings is 1. The van der Waals surface area contributed by atoms with Crippen molar-refractivity contribution in [3.05, 3.63) is 44.0 Å². The van der Waals surface area contributed by atoms with Crippen LogP contribution in [0.1, 0.15) is 23.8 Å². The topological polar surface area (TPSA) is 61.0 Å². The average Bonchev–Trinajstić information content (AvgIpc) is 2.84. The first kappa shape index (κ1) is 18.5. The second-order valence-corrected chi connectivity index (χ2v) is 8.37. The highest BCUT2D eigenvalue weighted by molar-refractivity contribution is 7.19. The largest absolute Gasteiger partial charge is 0.341 e. The number of aromatic nitrogens is 2. The summed E-state index contributed by atoms with van der Waals surface area (Å²) in [6.07, 6.45) is 1.90. The van der Waals surface area contributed by atoms with Crippen LogP contribution in [0.5, 0.6) is 0 Å². The van der Waals surface area contributed by atoms with Crippen molar-refractivity contribution in [2.75, 3.05) is 31.1 Å². The molecule has 5 nitrogen and oxygen atoms in total. The van der Waals surface area contributed by atoms with Gasteiger partial charge in [0.2, 0.25) is 5.95 Å². The minimum absolute atomic E-state index is 0.0641. The third-order valence-electron chi connectivity index (χ3n) is 5.03.